The van der Waals surface area contributed by atoms with E-state index in [4.69, 9.17) is 0 Å². The summed E-state index contributed by atoms with van der Waals surface area (Å²) in [5.74, 6) is 0. The topological polar surface area (TPSA) is 24.9 Å². The van der Waals surface area contributed by atoms with Gasteiger partial charge >= 0.3 is 0 Å². The van der Waals surface area contributed by atoms with Crippen molar-refractivity contribution in [2.45, 2.75) is 47.2 Å². The average Bonchev–Trinajstić information content (AvgIpc) is 2.15. The number of rotatable bonds is 3. The third-order valence-corrected chi connectivity index (χ3v) is 2.88. The Kier molecular flexibility index (Phi) is 3.86. The van der Waals surface area contributed by atoms with Gasteiger partial charge in [0.1, 0.15) is 0 Å². The molecule has 0 saturated carbocycles. The normalized spacial score (nSPS) is 13.9. The van der Waals surface area contributed by atoms with E-state index < -0.39 is 0 Å². The Morgan fingerprint density at radius 3 is 2.47 bits per heavy atom. The van der Waals surface area contributed by atoms with Gasteiger partial charge in [-0.05, 0) is 30.9 Å². The first-order valence-electron chi connectivity index (χ1n) is 5.54. The second-order valence-electron chi connectivity index (χ2n) is 5.28. The molecule has 1 heterocycles. The highest BCUT2D eigenvalue weighted by Crippen LogP contribution is 2.18. The van der Waals surface area contributed by atoms with Crippen LogP contribution in [0.25, 0.3) is 0 Å². The molecule has 0 fully saturated rings. The van der Waals surface area contributed by atoms with Crippen LogP contribution in [0.15, 0.2) is 18.3 Å². The molecule has 0 saturated heterocycles. The van der Waals surface area contributed by atoms with Gasteiger partial charge in [-0.15, -0.1) is 0 Å². The molecule has 2 nitrogen and oxygen atoms in total. The molecule has 0 aliphatic carbocycles. The lowest BCUT2D eigenvalue weighted by molar-refractivity contribution is 0.285. The molecule has 0 amide bonds. The van der Waals surface area contributed by atoms with Gasteiger partial charge in [-0.3, -0.25) is 4.98 Å². The number of nitrogens with zero attached hydrogens (tertiary/aromatic N) is 1. The summed E-state index contributed by atoms with van der Waals surface area (Å²) in [7, 11) is 0. The molecule has 0 radical (unpaired) electrons. The maximum atomic E-state index is 4.28. The fourth-order valence-electron chi connectivity index (χ4n) is 1.18. The second kappa shape index (κ2) is 4.75. The Labute approximate surface area is 93.1 Å². The molecule has 0 aliphatic heterocycles. The molecule has 1 rings (SSSR count). The smallest absolute Gasteiger partial charge is 0.0372 e. The van der Waals surface area contributed by atoms with Crippen LogP contribution in [0.2, 0.25) is 0 Å². The lowest BCUT2D eigenvalue weighted by Gasteiger charge is -2.28. The molecule has 1 atom stereocenters. The van der Waals surface area contributed by atoms with E-state index in [0.717, 1.165) is 12.2 Å². The van der Waals surface area contributed by atoms with Crippen LogP contribution < -0.4 is 5.32 Å². The van der Waals surface area contributed by atoms with Crippen LogP contribution in [0, 0.1) is 12.3 Å². The van der Waals surface area contributed by atoms with Gasteiger partial charge in [0.25, 0.3) is 0 Å². The summed E-state index contributed by atoms with van der Waals surface area (Å²) in [6.07, 6.45) is 1.94. The van der Waals surface area contributed by atoms with Gasteiger partial charge in [0.05, 0.1) is 0 Å². The zero-order chi connectivity index (χ0) is 11.5. The molecule has 1 N–H and O–H groups in total. The van der Waals surface area contributed by atoms with Crippen LogP contribution in [-0.4, -0.2) is 11.0 Å². The molecule has 0 bridgehead atoms. The Hall–Kier alpha value is -0.890. The quantitative estimate of drug-likeness (QED) is 0.822. The number of aromatic nitrogens is 1. The molecular formula is C13H22N2. The average molecular weight is 206 g/mol. The summed E-state index contributed by atoms with van der Waals surface area (Å²) in [4.78, 5) is 4.28. The number of nitrogens with one attached hydrogen (secondary N) is 1. The molecule has 84 valence electrons. The largest absolute Gasteiger partial charge is 0.310 e. The minimum absolute atomic E-state index is 0.304. The van der Waals surface area contributed by atoms with E-state index in [9.17, 15) is 0 Å². The van der Waals surface area contributed by atoms with Gasteiger partial charge in [-0.2, -0.15) is 0 Å². The maximum Gasteiger partial charge on any atom is 0.0372 e. The SMILES string of the molecule is Cc1ccc(CNC(C)C(C)(C)C)cn1. The summed E-state index contributed by atoms with van der Waals surface area (Å²) in [6.45, 7) is 11.9. The lowest BCUT2D eigenvalue weighted by Crippen LogP contribution is -2.37. The van der Waals surface area contributed by atoms with Crippen molar-refractivity contribution in [3.05, 3.63) is 29.6 Å². The predicted molar refractivity (Wildman–Crippen MR) is 64.7 cm³/mol. The van der Waals surface area contributed by atoms with Crippen molar-refractivity contribution in [2.75, 3.05) is 0 Å². The van der Waals surface area contributed by atoms with Gasteiger partial charge in [-0.1, -0.05) is 26.8 Å². The third kappa shape index (κ3) is 4.00. The molecule has 0 spiro atoms. The molecule has 1 unspecified atom stereocenters. The Morgan fingerprint density at radius 2 is 2.00 bits per heavy atom. The number of aryl methyl sites for hydroxylation is 1. The monoisotopic (exact) mass is 206 g/mol. The highest BCUT2D eigenvalue weighted by molar-refractivity contribution is 5.12. The van der Waals surface area contributed by atoms with Crippen LogP contribution >= 0.6 is 0 Å². The van der Waals surface area contributed by atoms with Crippen molar-refractivity contribution >= 4 is 0 Å². The number of hydrogen-bond acceptors (Lipinski definition) is 2. The molecule has 15 heavy (non-hydrogen) atoms. The molecule has 0 aromatic carbocycles. The summed E-state index contributed by atoms with van der Waals surface area (Å²) in [6, 6.07) is 4.68. The van der Waals surface area contributed by atoms with E-state index in [0.29, 0.717) is 11.5 Å². The van der Waals surface area contributed by atoms with Crippen molar-refractivity contribution in [3.8, 4) is 0 Å². The standard InChI is InChI=1S/C13H22N2/c1-10-6-7-12(8-14-10)9-15-11(2)13(3,4)5/h6-8,11,15H,9H2,1-5H3. The van der Waals surface area contributed by atoms with Gasteiger partial charge in [0, 0.05) is 24.5 Å². The van der Waals surface area contributed by atoms with E-state index >= 15 is 0 Å². The molecule has 1 aromatic rings. The highest BCUT2D eigenvalue weighted by Gasteiger charge is 2.18. The van der Waals surface area contributed by atoms with Crippen molar-refractivity contribution in [1.82, 2.24) is 10.3 Å². The maximum absolute atomic E-state index is 4.28. The second-order valence-corrected chi connectivity index (χ2v) is 5.28. The fraction of sp³-hybridized carbons (Fsp3) is 0.615. The van der Waals surface area contributed by atoms with E-state index in [-0.39, 0.29) is 0 Å². The van der Waals surface area contributed by atoms with Crippen LogP contribution in [-0.2, 0) is 6.54 Å². The highest BCUT2D eigenvalue weighted by atomic mass is 14.9. The van der Waals surface area contributed by atoms with E-state index in [1.165, 1.54) is 5.56 Å². The van der Waals surface area contributed by atoms with Gasteiger partial charge < -0.3 is 5.32 Å². The van der Waals surface area contributed by atoms with E-state index in [1.54, 1.807) is 0 Å². The van der Waals surface area contributed by atoms with Gasteiger partial charge in [-0.25, -0.2) is 0 Å². The van der Waals surface area contributed by atoms with Crippen LogP contribution in [0.3, 0.4) is 0 Å². The minimum atomic E-state index is 0.304. The zero-order valence-electron chi connectivity index (χ0n) is 10.5. The molecule has 0 aliphatic rings. The lowest BCUT2D eigenvalue weighted by atomic mass is 9.88. The Morgan fingerprint density at radius 1 is 1.33 bits per heavy atom. The summed E-state index contributed by atoms with van der Waals surface area (Å²) >= 11 is 0. The third-order valence-electron chi connectivity index (χ3n) is 2.88. The first-order chi connectivity index (χ1) is 6.89. The summed E-state index contributed by atoms with van der Waals surface area (Å²) in [5, 5.41) is 3.52. The van der Waals surface area contributed by atoms with Crippen molar-refractivity contribution in [2.24, 2.45) is 5.41 Å². The summed E-state index contributed by atoms with van der Waals surface area (Å²) < 4.78 is 0. The van der Waals surface area contributed by atoms with Crippen molar-refractivity contribution in [3.63, 3.8) is 0 Å². The van der Waals surface area contributed by atoms with Crippen molar-refractivity contribution < 1.29 is 0 Å². The van der Waals surface area contributed by atoms with Crippen molar-refractivity contribution in [1.29, 1.82) is 0 Å². The first kappa shape index (κ1) is 12.2. The minimum Gasteiger partial charge on any atom is -0.310 e. The van der Waals surface area contributed by atoms with Gasteiger partial charge in [0.15, 0.2) is 0 Å². The predicted octanol–water partition coefficient (Wildman–Crippen LogP) is 2.91. The first-order valence-corrected chi connectivity index (χ1v) is 5.54. The fourth-order valence-corrected chi connectivity index (χ4v) is 1.18. The molecule has 2 heteroatoms. The Bertz CT molecular complexity index is 295. The van der Waals surface area contributed by atoms with E-state index in [1.807, 2.05) is 13.1 Å². The zero-order valence-corrected chi connectivity index (χ0v) is 10.5. The molecule has 1 aromatic heterocycles. The van der Waals surface area contributed by atoms with Crippen LogP contribution in [0.4, 0.5) is 0 Å². The molecular weight excluding hydrogens is 184 g/mol. The number of pyridine rings is 1. The van der Waals surface area contributed by atoms with Gasteiger partial charge in [0.2, 0.25) is 0 Å². The van der Waals surface area contributed by atoms with Crippen LogP contribution in [0.5, 0.6) is 0 Å². The van der Waals surface area contributed by atoms with E-state index in [2.05, 4.69) is 50.1 Å². The Balaban J connectivity index is 2.47. The van der Waals surface area contributed by atoms with Crippen LogP contribution in [0.1, 0.15) is 39.0 Å². The summed E-state index contributed by atoms with van der Waals surface area (Å²) in [5.41, 5.74) is 2.62. The number of hydrogen-bond donors (Lipinski definition) is 1.